The summed E-state index contributed by atoms with van der Waals surface area (Å²) in [6.45, 7) is 0. The first-order chi connectivity index (χ1) is 19.5. The van der Waals surface area contributed by atoms with Crippen molar-refractivity contribution < 1.29 is 18.0 Å². The Morgan fingerprint density at radius 2 is 1.62 bits per heavy atom. The van der Waals surface area contributed by atoms with Gasteiger partial charge in [0.25, 0.3) is 5.91 Å². The van der Waals surface area contributed by atoms with Gasteiger partial charge in [0, 0.05) is 47.0 Å². The second-order valence-corrected chi connectivity index (χ2v) is 12.4. The number of hydrogen-bond donors (Lipinski definition) is 1. The molecule has 11 heteroatoms. The van der Waals surface area contributed by atoms with E-state index in [9.17, 15) is 9.59 Å². The van der Waals surface area contributed by atoms with Crippen LogP contribution in [0.5, 0.6) is 0 Å². The van der Waals surface area contributed by atoms with Crippen molar-refractivity contribution in [2.75, 3.05) is 22.9 Å². The van der Waals surface area contributed by atoms with E-state index in [4.69, 9.17) is 8.42 Å². The Balaban J connectivity index is 0.000000925. The maximum absolute atomic E-state index is 14.3. The Kier molecular flexibility index (Phi) is 7.20. The molecule has 4 heterocycles. The number of rotatable bonds is 2. The van der Waals surface area contributed by atoms with Crippen LogP contribution in [0.3, 0.4) is 0 Å². The lowest BCUT2D eigenvalue weighted by Crippen LogP contribution is -2.63. The van der Waals surface area contributed by atoms with Crippen LogP contribution in [0.4, 0.5) is 11.4 Å². The van der Waals surface area contributed by atoms with E-state index in [1.54, 1.807) is 35.5 Å². The van der Waals surface area contributed by atoms with Crippen molar-refractivity contribution in [2.24, 2.45) is 0 Å². The molecule has 2 bridgehead atoms. The largest absolute Gasteiger partial charge is 0.361 e. The summed E-state index contributed by atoms with van der Waals surface area (Å²) in [7, 11) is 1.78. The summed E-state index contributed by atoms with van der Waals surface area (Å²) in [5.74, 6) is 0.544. The van der Waals surface area contributed by atoms with E-state index in [2.05, 4.69) is 52.5 Å². The van der Waals surface area contributed by atoms with Gasteiger partial charge in [0.2, 0.25) is 5.91 Å². The normalized spacial score (nSPS) is 23.9. The summed E-state index contributed by atoms with van der Waals surface area (Å²) in [5, 5.41) is 1.31. The van der Waals surface area contributed by atoms with Gasteiger partial charge in [-0.1, -0.05) is 54.6 Å². The van der Waals surface area contributed by atoms with Gasteiger partial charge in [-0.3, -0.25) is 9.59 Å². The number of nitrogens with one attached hydrogen (secondary N) is 1. The number of anilines is 2. The topological polar surface area (TPSA) is 93.8 Å². The van der Waals surface area contributed by atoms with Gasteiger partial charge < -0.3 is 19.7 Å². The zero-order chi connectivity index (χ0) is 27.9. The SMILES string of the molecule is CN1C(=O)CC2(c3c[nH]c4ccccc34)c3ccccc3N(c3ccccc3)[C@@H]2N2CSCS[C@@H]1C2=O.O=S=O. The van der Waals surface area contributed by atoms with Crippen LogP contribution in [0.15, 0.2) is 85.1 Å². The Bertz CT molecular complexity index is 1620. The average Bonchev–Trinajstić information content (AvgIpc) is 3.46. The molecule has 2 amide bonds. The molecule has 2 fully saturated rings. The number of hydrogen-bond acceptors (Lipinski definition) is 7. The summed E-state index contributed by atoms with van der Waals surface area (Å²) in [6, 6.07) is 26.9. The van der Waals surface area contributed by atoms with E-state index in [0.717, 1.165) is 38.5 Å². The maximum atomic E-state index is 14.3. The summed E-state index contributed by atoms with van der Waals surface area (Å²) in [6.07, 6.45) is 1.92. The molecule has 3 aliphatic heterocycles. The van der Waals surface area contributed by atoms with Gasteiger partial charge in [-0.25, -0.2) is 0 Å². The highest BCUT2D eigenvalue weighted by Gasteiger charge is 2.60. The molecule has 0 saturated carbocycles. The minimum atomic E-state index is -0.770. The van der Waals surface area contributed by atoms with Crippen molar-refractivity contribution in [3.8, 4) is 0 Å². The van der Waals surface area contributed by atoms with E-state index >= 15 is 0 Å². The number of carbonyl (C=O) groups excluding carboxylic acids is 2. The van der Waals surface area contributed by atoms with E-state index in [1.165, 1.54) is 0 Å². The lowest BCUT2D eigenvalue weighted by molar-refractivity contribution is -0.146. The van der Waals surface area contributed by atoms with E-state index in [0.29, 0.717) is 5.88 Å². The average molecular weight is 591 g/mol. The number of aromatic nitrogens is 1. The maximum Gasteiger partial charge on any atom is 0.335 e. The van der Waals surface area contributed by atoms with Gasteiger partial charge in [0.05, 0.1) is 11.3 Å². The number of amides is 2. The molecule has 0 radical (unpaired) electrons. The third-order valence-electron chi connectivity index (χ3n) is 7.94. The molecule has 3 aromatic carbocycles. The smallest absolute Gasteiger partial charge is 0.335 e. The fraction of sp³-hybridized carbons (Fsp3) is 0.241. The van der Waals surface area contributed by atoms with Gasteiger partial charge in [0.15, 0.2) is 5.37 Å². The first-order valence-corrected chi connectivity index (χ1v) is 15.6. The second kappa shape index (κ2) is 10.8. The highest BCUT2D eigenvalue weighted by molar-refractivity contribution is 8.16. The van der Waals surface area contributed by atoms with Gasteiger partial charge in [-0.2, -0.15) is 8.42 Å². The van der Waals surface area contributed by atoms with Gasteiger partial charge in [-0.15, -0.1) is 23.5 Å². The third kappa shape index (κ3) is 4.06. The minimum absolute atomic E-state index is 0.00602. The molecule has 0 aliphatic carbocycles. The Hall–Kier alpha value is -3.54. The first kappa shape index (κ1) is 26.7. The minimum Gasteiger partial charge on any atom is -0.361 e. The lowest BCUT2D eigenvalue weighted by Gasteiger charge is -2.48. The molecule has 4 aromatic rings. The van der Waals surface area contributed by atoms with Crippen LogP contribution < -0.4 is 4.90 Å². The fourth-order valence-corrected chi connectivity index (χ4v) is 8.60. The summed E-state index contributed by atoms with van der Waals surface area (Å²) in [4.78, 5) is 37.8. The van der Waals surface area contributed by atoms with E-state index < -0.39 is 28.5 Å². The quantitative estimate of drug-likeness (QED) is 0.363. The summed E-state index contributed by atoms with van der Waals surface area (Å²) < 4.78 is 16.6. The molecular formula is C29H26N4O4S3. The molecule has 40 heavy (non-hydrogen) atoms. The molecule has 2 saturated heterocycles. The highest BCUT2D eigenvalue weighted by atomic mass is 32.2. The number of nitrogens with zero attached hydrogens (tertiary/aromatic N) is 3. The van der Waals surface area contributed by atoms with Gasteiger partial charge in [-0.05, 0) is 35.4 Å². The summed E-state index contributed by atoms with van der Waals surface area (Å²) >= 11 is 2.54. The second-order valence-electron chi connectivity index (χ2n) is 9.84. The monoisotopic (exact) mass is 590 g/mol. The van der Waals surface area contributed by atoms with Crippen LogP contribution in [0.1, 0.15) is 17.5 Å². The summed E-state index contributed by atoms with van der Waals surface area (Å²) in [5.41, 5.74) is 4.42. The first-order valence-electron chi connectivity index (χ1n) is 12.7. The molecule has 3 aliphatic rings. The van der Waals surface area contributed by atoms with E-state index in [1.807, 2.05) is 47.4 Å². The molecule has 0 spiro atoms. The fourth-order valence-electron chi connectivity index (χ4n) is 6.32. The Morgan fingerprint density at radius 3 is 2.42 bits per heavy atom. The Morgan fingerprint density at radius 1 is 0.925 bits per heavy atom. The molecule has 1 N–H and O–H groups in total. The molecule has 204 valence electrons. The van der Waals surface area contributed by atoms with Crippen LogP contribution in [-0.4, -0.2) is 64.6 Å². The lowest BCUT2D eigenvalue weighted by atomic mass is 9.70. The van der Waals surface area contributed by atoms with Crippen molar-refractivity contribution >= 4 is 69.2 Å². The van der Waals surface area contributed by atoms with Crippen LogP contribution >= 0.6 is 23.5 Å². The zero-order valence-corrected chi connectivity index (χ0v) is 24.0. The molecule has 8 nitrogen and oxygen atoms in total. The third-order valence-corrected chi connectivity index (χ3v) is 10.4. The number of carbonyl (C=O) groups is 2. The van der Waals surface area contributed by atoms with Crippen molar-refractivity contribution in [3.63, 3.8) is 0 Å². The highest BCUT2D eigenvalue weighted by Crippen LogP contribution is 2.57. The number of benzene rings is 3. The molecule has 1 unspecified atom stereocenters. The van der Waals surface area contributed by atoms with E-state index in [-0.39, 0.29) is 18.2 Å². The molecular weight excluding hydrogens is 565 g/mol. The van der Waals surface area contributed by atoms with Crippen molar-refractivity contribution in [1.29, 1.82) is 0 Å². The molecule has 7 rings (SSSR count). The number of H-pyrrole nitrogens is 1. The van der Waals surface area contributed by atoms with Crippen LogP contribution in [0.2, 0.25) is 0 Å². The Labute approximate surface area is 243 Å². The zero-order valence-electron chi connectivity index (χ0n) is 21.6. The number of para-hydroxylation sites is 3. The predicted octanol–water partition coefficient (Wildman–Crippen LogP) is 4.67. The van der Waals surface area contributed by atoms with Crippen LogP contribution in [-0.2, 0) is 26.6 Å². The van der Waals surface area contributed by atoms with Gasteiger partial charge in [0.1, 0.15) is 6.17 Å². The number of thioether (sulfide) groups is 2. The van der Waals surface area contributed by atoms with Crippen LogP contribution in [0.25, 0.3) is 10.9 Å². The number of aromatic amines is 1. The standard InChI is InChI=1S/C29H26N4O2S2.O2S/c1-31-25(34)15-29(22-16-30-23-13-7-5-11-20(22)23)21-12-6-8-14-24(21)33(19-9-3-2-4-10-19)28(29)32-17-36-18-37-27(31)26(32)35;1-3-2/h2-14,16,27-28,30H,15,17-18H2,1H3;/t27-,28+,29?;/m1./s1. The van der Waals surface area contributed by atoms with Gasteiger partial charge >= 0.3 is 11.6 Å². The molecule has 1 aromatic heterocycles. The van der Waals surface area contributed by atoms with Crippen molar-refractivity contribution in [2.45, 2.75) is 23.4 Å². The van der Waals surface area contributed by atoms with Crippen LogP contribution in [0, 0.1) is 0 Å². The molecule has 3 atom stereocenters. The number of likely N-dealkylation sites (N-methyl/N-ethyl adjacent to an activating group) is 1. The van der Waals surface area contributed by atoms with Crippen molar-refractivity contribution in [1.82, 2.24) is 14.8 Å². The van der Waals surface area contributed by atoms with Crippen molar-refractivity contribution in [3.05, 3.63) is 96.2 Å². The predicted molar refractivity (Wildman–Crippen MR) is 160 cm³/mol. The number of fused-ring (bicyclic) bond motifs is 7.